The normalized spacial score (nSPS) is 16.5. The number of nitrogens with one attached hydrogen (secondary N) is 2. The van der Waals surface area contributed by atoms with Gasteiger partial charge in [0.2, 0.25) is 0 Å². The van der Waals surface area contributed by atoms with Gasteiger partial charge in [0.25, 0.3) is 0 Å². The van der Waals surface area contributed by atoms with Gasteiger partial charge >= 0.3 is 0 Å². The van der Waals surface area contributed by atoms with E-state index in [9.17, 15) is 0 Å². The lowest BCUT2D eigenvalue weighted by atomic mass is 10.1. The topological polar surface area (TPSA) is 67.8 Å². The minimum Gasteiger partial charge on any atom is -0.493 e. The van der Waals surface area contributed by atoms with Gasteiger partial charge in [0, 0.05) is 49.8 Å². The Hall–Kier alpha value is -3.12. The Kier molecular flexibility index (Phi) is 6.99. The summed E-state index contributed by atoms with van der Waals surface area (Å²) in [5.41, 5.74) is 4.45. The van der Waals surface area contributed by atoms with E-state index in [2.05, 4.69) is 70.0 Å². The summed E-state index contributed by atoms with van der Waals surface area (Å²) in [7, 11) is 1.78. The van der Waals surface area contributed by atoms with Crippen LogP contribution in [-0.4, -0.2) is 37.8 Å². The van der Waals surface area contributed by atoms with Crippen LogP contribution in [0.25, 0.3) is 10.9 Å². The number of nitrogens with zero attached hydrogens (tertiary/aromatic N) is 2. The fourth-order valence-electron chi connectivity index (χ4n) is 3.75. The summed E-state index contributed by atoms with van der Waals surface area (Å²) in [5.74, 6) is 2.14. The third kappa shape index (κ3) is 5.52. The molecule has 6 heteroatoms. The number of rotatable bonds is 7. The number of guanidine groups is 1. The number of para-hydroxylation sites is 1. The van der Waals surface area contributed by atoms with E-state index in [1.807, 2.05) is 12.3 Å². The first-order valence-corrected chi connectivity index (χ1v) is 10.8. The number of benzene rings is 2. The molecule has 1 aliphatic heterocycles. The first kappa shape index (κ1) is 21.1. The molecule has 162 valence electrons. The summed E-state index contributed by atoms with van der Waals surface area (Å²) in [6.45, 7) is 5.68. The molecule has 0 amide bonds. The van der Waals surface area contributed by atoms with Gasteiger partial charge in [-0.3, -0.25) is 9.98 Å². The molecule has 0 spiro atoms. The fourth-order valence-corrected chi connectivity index (χ4v) is 3.75. The summed E-state index contributed by atoms with van der Waals surface area (Å²) in [6, 6.07) is 16.6. The first-order chi connectivity index (χ1) is 15.2. The minimum atomic E-state index is 0.477. The van der Waals surface area contributed by atoms with E-state index in [1.54, 1.807) is 7.05 Å². The third-order valence-corrected chi connectivity index (χ3v) is 5.55. The maximum Gasteiger partial charge on any atom is 0.191 e. The van der Waals surface area contributed by atoms with Crippen molar-refractivity contribution >= 4 is 16.9 Å². The number of hydrogen-bond donors (Lipinski definition) is 2. The van der Waals surface area contributed by atoms with Crippen molar-refractivity contribution in [3.63, 3.8) is 0 Å². The molecule has 0 radical (unpaired) electrons. The first-order valence-electron chi connectivity index (χ1n) is 10.8. The van der Waals surface area contributed by atoms with Gasteiger partial charge in [-0.25, -0.2) is 0 Å². The molecule has 1 aromatic heterocycles. The monoisotopic (exact) mass is 418 g/mol. The van der Waals surface area contributed by atoms with Crippen LogP contribution in [0.5, 0.6) is 5.75 Å². The van der Waals surface area contributed by atoms with Crippen molar-refractivity contribution in [1.29, 1.82) is 0 Å². The Labute approximate surface area is 183 Å². The fraction of sp³-hybridized carbons (Fsp3) is 0.360. The third-order valence-electron chi connectivity index (χ3n) is 5.55. The maximum absolute atomic E-state index is 6.16. The number of fused-ring (bicyclic) bond motifs is 1. The van der Waals surface area contributed by atoms with Crippen LogP contribution < -0.4 is 15.4 Å². The highest BCUT2D eigenvalue weighted by atomic mass is 16.5. The Bertz CT molecular complexity index is 1040. The van der Waals surface area contributed by atoms with Crippen molar-refractivity contribution in [1.82, 2.24) is 15.6 Å². The van der Waals surface area contributed by atoms with E-state index in [0.29, 0.717) is 25.6 Å². The van der Waals surface area contributed by atoms with Crippen LogP contribution in [0.1, 0.15) is 23.1 Å². The molecule has 0 aliphatic carbocycles. The Morgan fingerprint density at radius 2 is 1.97 bits per heavy atom. The smallest absolute Gasteiger partial charge is 0.191 e. The lowest BCUT2D eigenvalue weighted by molar-refractivity contribution is 0.166. The molecule has 0 bridgehead atoms. The number of hydrogen-bond acceptors (Lipinski definition) is 4. The molecule has 1 aliphatic rings. The van der Waals surface area contributed by atoms with Crippen molar-refractivity contribution in [2.75, 3.05) is 26.9 Å². The molecule has 1 unspecified atom stereocenters. The van der Waals surface area contributed by atoms with Gasteiger partial charge in [-0.05, 0) is 36.6 Å². The average molecular weight is 419 g/mol. The van der Waals surface area contributed by atoms with Gasteiger partial charge in [-0.1, -0.05) is 36.4 Å². The number of ether oxygens (including phenoxy) is 2. The van der Waals surface area contributed by atoms with E-state index >= 15 is 0 Å². The van der Waals surface area contributed by atoms with Gasteiger partial charge in [0.15, 0.2) is 5.96 Å². The van der Waals surface area contributed by atoms with Crippen LogP contribution in [0.4, 0.5) is 0 Å². The molecular weight excluding hydrogens is 388 g/mol. The molecule has 6 nitrogen and oxygen atoms in total. The van der Waals surface area contributed by atoms with E-state index in [1.165, 1.54) is 5.56 Å². The Morgan fingerprint density at radius 3 is 2.77 bits per heavy atom. The van der Waals surface area contributed by atoms with E-state index in [4.69, 9.17) is 9.47 Å². The van der Waals surface area contributed by atoms with Crippen LogP contribution >= 0.6 is 0 Å². The van der Waals surface area contributed by atoms with Crippen LogP contribution in [0.2, 0.25) is 0 Å². The van der Waals surface area contributed by atoms with E-state index in [-0.39, 0.29) is 0 Å². The van der Waals surface area contributed by atoms with Gasteiger partial charge in [-0.15, -0.1) is 0 Å². The largest absolute Gasteiger partial charge is 0.493 e. The maximum atomic E-state index is 6.16. The Balaban J connectivity index is 1.37. The average Bonchev–Trinajstić information content (AvgIpc) is 3.32. The molecule has 4 rings (SSSR count). The molecule has 3 aromatic rings. The molecule has 0 saturated carbocycles. The quantitative estimate of drug-likeness (QED) is 0.451. The summed E-state index contributed by atoms with van der Waals surface area (Å²) >= 11 is 0. The predicted molar refractivity (Wildman–Crippen MR) is 124 cm³/mol. The molecule has 2 aromatic carbocycles. The zero-order chi connectivity index (χ0) is 21.5. The summed E-state index contributed by atoms with van der Waals surface area (Å²) in [4.78, 5) is 8.90. The predicted octanol–water partition coefficient (Wildman–Crippen LogP) is 3.82. The van der Waals surface area contributed by atoms with Crippen LogP contribution in [0.15, 0.2) is 59.7 Å². The van der Waals surface area contributed by atoms with Gasteiger partial charge < -0.3 is 20.1 Å². The highest BCUT2D eigenvalue weighted by molar-refractivity contribution is 5.83. The van der Waals surface area contributed by atoms with E-state index < -0.39 is 0 Å². The number of pyridine rings is 1. The lowest BCUT2D eigenvalue weighted by Gasteiger charge is -2.17. The van der Waals surface area contributed by atoms with Crippen LogP contribution in [0, 0.1) is 12.8 Å². The van der Waals surface area contributed by atoms with Crippen molar-refractivity contribution in [2.45, 2.75) is 26.4 Å². The molecule has 31 heavy (non-hydrogen) atoms. The molecule has 1 atom stereocenters. The molecule has 1 fully saturated rings. The molecule has 2 N–H and O–H groups in total. The van der Waals surface area contributed by atoms with E-state index in [0.717, 1.165) is 53.4 Å². The SMILES string of the molecule is CN=C(NCc1ccc(C)cc1OCC1CCOC1)NCc1cccc2cccnc12. The Morgan fingerprint density at radius 1 is 1.13 bits per heavy atom. The molecule has 2 heterocycles. The highest BCUT2D eigenvalue weighted by Gasteiger charge is 2.17. The lowest BCUT2D eigenvalue weighted by Crippen LogP contribution is -2.36. The number of aromatic nitrogens is 1. The van der Waals surface area contributed by atoms with Gasteiger partial charge in [-0.2, -0.15) is 0 Å². The minimum absolute atomic E-state index is 0.477. The zero-order valence-corrected chi connectivity index (χ0v) is 18.2. The van der Waals surface area contributed by atoms with Crippen LogP contribution in [0.3, 0.4) is 0 Å². The number of aliphatic imine (C=N–C) groups is 1. The van der Waals surface area contributed by atoms with Crippen LogP contribution in [-0.2, 0) is 17.8 Å². The van der Waals surface area contributed by atoms with Crippen molar-refractivity contribution in [2.24, 2.45) is 10.9 Å². The van der Waals surface area contributed by atoms with Gasteiger partial charge in [0.1, 0.15) is 5.75 Å². The standard InChI is InChI=1S/C25H30N4O2/c1-18-8-9-21(23(13-18)31-17-19-10-12-30-16-19)14-28-25(26-2)29-15-22-6-3-5-20-7-4-11-27-24(20)22/h3-9,11,13,19H,10,12,14-17H2,1-2H3,(H2,26,28,29). The number of aryl methyl sites for hydroxylation is 1. The summed E-state index contributed by atoms with van der Waals surface area (Å²) < 4.78 is 11.6. The second kappa shape index (κ2) is 10.3. The van der Waals surface area contributed by atoms with Gasteiger partial charge in [0.05, 0.1) is 18.7 Å². The molecular formula is C25H30N4O2. The second-order valence-corrected chi connectivity index (χ2v) is 7.92. The highest BCUT2D eigenvalue weighted by Crippen LogP contribution is 2.23. The summed E-state index contributed by atoms with van der Waals surface area (Å²) in [5, 5.41) is 7.94. The summed E-state index contributed by atoms with van der Waals surface area (Å²) in [6.07, 6.45) is 2.90. The zero-order valence-electron chi connectivity index (χ0n) is 18.2. The second-order valence-electron chi connectivity index (χ2n) is 7.92. The molecule has 1 saturated heterocycles. The van der Waals surface area contributed by atoms with Crippen molar-refractivity contribution in [3.8, 4) is 5.75 Å². The van der Waals surface area contributed by atoms with Crippen molar-refractivity contribution in [3.05, 3.63) is 71.4 Å². The van der Waals surface area contributed by atoms with Crippen molar-refractivity contribution < 1.29 is 9.47 Å².